The highest BCUT2D eigenvalue weighted by Crippen LogP contribution is 2.29. The molecule has 32 heavy (non-hydrogen) atoms. The molecular weight excluding hydrogens is 448 g/mol. The van der Waals surface area contributed by atoms with Gasteiger partial charge in [-0.2, -0.15) is 0 Å². The number of aromatic nitrogens is 2. The summed E-state index contributed by atoms with van der Waals surface area (Å²) in [6, 6.07) is 18.0. The predicted octanol–water partition coefficient (Wildman–Crippen LogP) is 5.03. The molecule has 0 saturated heterocycles. The molecule has 1 amide bonds. The van der Waals surface area contributed by atoms with E-state index >= 15 is 0 Å². The summed E-state index contributed by atoms with van der Waals surface area (Å²) >= 11 is 11.7. The van der Waals surface area contributed by atoms with Gasteiger partial charge in [0.15, 0.2) is 16.6 Å². The molecule has 7 nitrogen and oxygen atoms in total. The normalized spacial score (nSPS) is 10.6. The molecule has 0 aliphatic carbocycles. The molecule has 3 N–H and O–H groups in total. The fourth-order valence-corrected chi connectivity index (χ4v) is 3.53. The summed E-state index contributed by atoms with van der Waals surface area (Å²) in [7, 11) is 3.03. The van der Waals surface area contributed by atoms with Crippen LogP contribution in [0.25, 0.3) is 22.4 Å². The molecular formula is C23H19ClN4O3S. The van der Waals surface area contributed by atoms with E-state index in [2.05, 4.69) is 20.6 Å². The van der Waals surface area contributed by atoms with Crippen molar-refractivity contribution < 1.29 is 14.3 Å². The number of fused-ring (bicyclic) bond motifs is 1. The van der Waals surface area contributed by atoms with Crippen molar-refractivity contribution in [2.24, 2.45) is 0 Å². The molecule has 3 aromatic carbocycles. The number of benzene rings is 3. The van der Waals surface area contributed by atoms with Crippen molar-refractivity contribution in [1.82, 2.24) is 15.3 Å². The van der Waals surface area contributed by atoms with Crippen LogP contribution in [-0.4, -0.2) is 35.2 Å². The summed E-state index contributed by atoms with van der Waals surface area (Å²) in [6.07, 6.45) is 0. The van der Waals surface area contributed by atoms with Gasteiger partial charge in [-0.1, -0.05) is 23.7 Å². The molecule has 162 valence electrons. The fraction of sp³-hybridized carbons (Fsp3) is 0.0870. The molecule has 0 atom stereocenters. The number of rotatable bonds is 5. The zero-order valence-electron chi connectivity index (χ0n) is 17.2. The smallest absolute Gasteiger partial charge is 0.257 e. The molecule has 0 bridgehead atoms. The molecule has 0 unspecified atom stereocenters. The maximum Gasteiger partial charge on any atom is 0.257 e. The highest BCUT2D eigenvalue weighted by Gasteiger charge is 2.14. The standard InChI is InChI=1S/C23H19ClN4O3S/c1-30-19-10-8-14(12-20(19)31-2)22(29)28-23(32)27-18-11-13(7-9-15(18)24)21-25-16-5-3-4-6-17(16)26-21/h3-12H,1-2H3,(H,25,26)(H2,27,28,29,32). The van der Waals surface area contributed by atoms with Crippen LogP contribution < -0.4 is 20.1 Å². The lowest BCUT2D eigenvalue weighted by Gasteiger charge is -2.13. The maximum atomic E-state index is 12.6. The molecule has 4 rings (SSSR count). The van der Waals surface area contributed by atoms with Crippen LogP contribution in [0.1, 0.15) is 10.4 Å². The third-order valence-electron chi connectivity index (χ3n) is 4.75. The Bertz CT molecular complexity index is 1290. The van der Waals surface area contributed by atoms with Crippen molar-refractivity contribution in [2.75, 3.05) is 19.5 Å². The number of imidazole rings is 1. The van der Waals surface area contributed by atoms with Crippen LogP contribution in [0.15, 0.2) is 60.7 Å². The van der Waals surface area contributed by atoms with Gasteiger partial charge in [-0.3, -0.25) is 10.1 Å². The van der Waals surface area contributed by atoms with Crippen molar-refractivity contribution in [3.8, 4) is 22.9 Å². The third kappa shape index (κ3) is 4.51. The lowest BCUT2D eigenvalue weighted by molar-refractivity contribution is 0.0977. The van der Waals surface area contributed by atoms with E-state index in [1.807, 2.05) is 36.4 Å². The molecule has 9 heteroatoms. The first-order valence-electron chi connectivity index (χ1n) is 9.57. The second-order valence-corrected chi connectivity index (χ2v) is 7.59. The summed E-state index contributed by atoms with van der Waals surface area (Å²) in [5.74, 6) is 1.28. The number of H-pyrrole nitrogens is 1. The van der Waals surface area contributed by atoms with Gasteiger partial charge in [-0.15, -0.1) is 0 Å². The minimum atomic E-state index is -0.395. The molecule has 0 saturated carbocycles. The van der Waals surface area contributed by atoms with Crippen LogP contribution in [0.4, 0.5) is 5.69 Å². The van der Waals surface area contributed by atoms with Crippen LogP contribution in [0.3, 0.4) is 0 Å². The molecule has 0 aliphatic heterocycles. The van der Waals surface area contributed by atoms with Gasteiger partial charge < -0.3 is 19.8 Å². The first-order chi connectivity index (χ1) is 15.5. The molecule has 0 aliphatic rings. The van der Waals surface area contributed by atoms with Crippen LogP contribution in [-0.2, 0) is 0 Å². The third-order valence-corrected chi connectivity index (χ3v) is 5.28. The Morgan fingerprint density at radius 3 is 2.56 bits per heavy atom. The number of anilines is 1. The fourth-order valence-electron chi connectivity index (χ4n) is 3.16. The number of hydrogen-bond acceptors (Lipinski definition) is 5. The number of amides is 1. The van der Waals surface area contributed by atoms with Crippen LogP contribution >= 0.6 is 23.8 Å². The van der Waals surface area contributed by atoms with Gasteiger partial charge in [0, 0.05) is 11.1 Å². The summed E-state index contributed by atoms with van der Waals surface area (Å²) in [5, 5.41) is 6.18. The zero-order chi connectivity index (χ0) is 22.7. The Labute approximate surface area is 194 Å². The van der Waals surface area contributed by atoms with E-state index in [0.717, 1.165) is 16.6 Å². The minimum absolute atomic E-state index is 0.105. The van der Waals surface area contributed by atoms with Gasteiger partial charge in [0.05, 0.1) is 36.0 Å². The van der Waals surface area contributed by atoms with E-state index in [9.17, 15) is 4.79 Å². The molecule has 0 radical (unpaired) electrons. The van der Waals surface area contributed by atoms with Gasteiger partial charge in [0.25, 0.3) is 5.91 Å². The number of aromatic amines is 1. The average Bonchev–Trinajstić information content (AvgIpc) is 3.24. The molecule has 1 heterocycles. The van der Waals surface area contributed by atoms with Crippen molar-refractivity contribution in [3.63, 3.8) is 0 Å². The number of carbonyl (C=O) groups is 1. The maximum absolute atomic E-state index is 12.6. The zero-order valence-corrected chi connectivity index (χ0v) is 18.8. The number of carbonyl (C=O) groups excluding carboxylic acids is 1. The monoisotopic (exact) mass is 466 g/mol. The summed E-state index contributed by atoms with van der Waals surface area (Å²) < 4.78 is 10.4. The number of hydrogen-bond donors (Lipinski definition) is 3. The quantitative estimate of drug-likeness (QED) is 0.358. The van der Waals surface area contributed by atoms with Crippen LogP contribution in [0.2, 0.25) is 5.02 Å². The molecule has 1 aromatic heterocycles. The number of ether oxygens (including phenoxy) is 2. The van der Waals surface area contributed by atoms with E-state index in [4.69, 9.17) is 33.3 Å². The summed E-state index contributed by atoms with van der Waals surface area (Å²) in [4.78, 5) is 20.5. The van der Waals surface area contributed by atoms with Crippen LogP contribution in [0, 0.1) is 0 Å². The lowest BCUT2D eigenvalue weighted by atomic mass is 10.2. The number of halogens is 1. The Morgan fingerprint density at radius 1 is 1.03 bits per heavy atom. The number of thiocarbonyl (C=S) groups is 1. The van der Waals surface area contributed by atoms with Gasteiger partial charge in [0.1, 0.15) is 5.82 Å². The largest absolute Gasteiger partial charge is 0.493 e. The lowest BCUT2D eigenvalue weighted by Crippen LogP contribution is -2.34. The number of nitrogens with zero attached hydrogens (tertiary/aromatic N) is 1. The Hall–Kier alpha value is -3.62. The van der Waals surface area contributed by atoms with Gasteiger partial charge >= 0.3 is 0 Å². The molecule has 0 fully saturated rings. The highest BCUT2D eigenvalue weighted by molar-refractivity contribution is 7.80. The number of methoxy groups -OCH3 is 2. The Kier molecular flexibility index (Phi) is 6.25. The molecule has 0 spiro atoms. The van der Waals surface area contributed by atoms with Crippen molar-refractivity contribution in [3.05, 3.63) is 71.2 Å². The number of para-hydroxylation sites is 2. The van der Waals surface area contributed by atoms with Gasteiger partial charge in [-0.05, 0) is 60.7 Å². The predicted molar refractivity (Wildman–Crippen MR) is 130 cm³/mol. The Morgan fingerprint density at radius 2 is 1.81 bits per heavy atom. The average molecular weight is 467 g/mol. The van der Waals surface area contributed by atoms with E-state index in [-0.39, 0.29) is 5.11 Å². The van der Waals surface area contributed by atoms with Crippen molar-refractivity contribution in [1.29, 1.82) is 0 Å². The van der Waals surface area contributed by atoms with E-state index < -0.39 is 5.91 Å². The molecule has 4 aromatic rings. The van der Waals surface area contributed by atoms with E-state index in [1.165, 1.54) is 14.2 Å². The summed E-state index contributed by atoms with van der Waals surface area (Å²) in [6.45, 7) is 0. The van der Waals surface area contributed by atoms with E-state index in [0.29, 0.717) is 33.6 Å². The SMILES string of the molecule is COc1ccc(C(=O)NC(=S)Nc2cc(-c3nc4ccccc4[nH]3)ccc2Cl)cc1OC. The first kappa shape index (κ1) is 21.6. The van der Waals surface area contributed by atoms with Crippen molar-refractivity contribution in [2.45, 2.75) is 0 Å². The second-order valence-electron chi connectivity index (χ2n) is 6.78. The van der Waals surface area contributed by atoms with Crippen LogP contribution in [0.5, 0.6) is 11.5 Å². The minimum Gasteiger partial charge on any atom is -0.493 e. The first-order valence-corrected chi connectivity index (χ1v) is 10.4. The van der Waals surface area contributed by atoms with Crippen molar-refractivity contribution >= 4 is 51.6 Å². The topological polar surface area (TPSA) is 88.3 Å². The van der Waals surface area contributed by atoms with E-state index in [1.54, 1.807) is 24.3 Å². The van der Waals surface area contributed by atoms with Gasteiger partial charge in [0.2, 0.25) is 0 Å². The summed E-state index contributed by atoms with van der Waals surface area (Å²) in [5.41, 5.74) is 3.53. The number of nitrogens with one attached hydrogen (secondary N) is 3. The van der Waals surface area contributed by atoms with Gasteiger partial charge in [-0.25, -0.2) is 4.98 Å². The second kappa shape index (κ2) is 9.25. The Balaban J connectivity index is 1.50. The highest BCUT2D eigenvalue weighted by atomic mass is 35.5.